The molecule has 0 aliphatic carbocycles. The Balaban J connectivity index is 2.90. The van der Waals surface area contributed by atoms with Crippen LogP contribution in [0.1, 0.15) is 30.4 Å². The molecule has 0 fully saturated rings. The van der Waals surface area contributed by atoms with Gasteiger partial charge in [0.1, 0.15) is 4.99 Å². The number of aliphatic hydroxyl groups is 1. The van der Waals surface area contributed by atoms with Crippen molar-refractivity contribution in [3.8, 4) is 0 Å². The number of thiocarbonyl (C=S) groups is 1. The zero-order valence-electron chi connectivity index (χ0n) is 11.8. The molecule has 1 aromatic rings. The maximum atomic E-state index is 12.9. The Kier molecular flexibility index (Phi) is 6.42. The van der Waals surface area contributed by atoms with Crippen molar-refractivity contribution in [2.24, 2.45) is 5.73 Å². The van der Waals surface area contributed by atoms with Gasteiger partial charge in [0, 0.05) is 31.5 Å². The van der Waals surface area contributed by atoms with E-state index in [2.05, 4.69) is 0 Å². The Morgan fingerprint density at radius 1 is 1.29 bits per heavy atom. The molecule has 1 aromatic carbocycles. The van der Waals surface area contributed by atoms with Gasteiger partial charge in [-0.25, -0.2) is 0 Å². The molecule has 0 atom stereocenters. The molecule has 3 N–H and O–H groups in total. The quantitative estimate of drug-likeness (QED) is 0.599. The number of anilines is 1. The van der Waals surface area contributed by atoms with E-state index in [0.717, 1.165) is 25.3 Å². The molecule has 0 saturated heterocycles. The zero-order valence-corrected chi connectivity index (χ0v) is 12.6. The van der Waals surface area contributed by atoms with E-state index in [-0.39, 0.29) is 17.2 Å². The van der Waals surface area contributed by atoms with Crippen LogP contribution in [0.15, 0.2) is 18.2 Å². The highest BCUT2D eigenvalue weighted by Gasteiger charge is 2.34. The average Bonchev–Trinajstić information content (AvgIpc) is 2.41. The number of nitrogens with two attached hydrogens (primary N) is 1. The number of rotatable bonds is 7. The molecule has 0 aliphatic heterocycles. The average molecular weight is 320 g/mol. The van der Waals surface area contributed by atoms with Gasteiger partial charge in [-0.15, -0.1) is 0 Å². The molecular formula is C14H19F3N2OS. The molecule has 7 heteroatoms. The van der Waals surface area contributed by atoms with Crippen LogP contribution in [0.4, 0.5) is 18.9 Å². The van der Waals surface area contributed by atoms with Gasteiger partial charge in [0.25, 0.3) is 0 Å². The highest BCUT2D eigenvalue weighted by Crippen LogP contribution is 2.33. The Morgan fingerprint density at radius 2 is 1.95 bits per heavy atom. The number of nitrogens with zero attached hydrogens (tertiary/aromatic N) is 1. The van der Waals surface area contributed by atoms with Crippen molar-refractivity contribution < 1.29 is 18.3 Å². The number of benzene rings is 1. The third-order valence-electron chi connectivity index (χ3n) is 3.17. The molecule has 0 spiro atoms. The standard InChI is InChI=1S/C14H19F3N2OS/c1-19(7-3-2-4-8-20)10-5-6-12(14(15,16)17)11(9-10)13(18)21/h5-6,9,20H,2-4,7-8H2,1H3,(H2,18,21). The Morgan fingerprint density at radius 3 is 2.48 bits per heavy atom. The van der Waals surface area contributed by atoms with Crippen LogP contribution in [0.25, 0.3) is 0 Å². The van der Waals surface area contributed by atoms with Crippen molar-refractivity contribution >= 4 is 22.9 Å². The summed E-state index contributed by atoms with van der Waals surface area (Å²) in [4.78, 5) is 1.58. The van der Waals surface area contributed by atoms with Gasteiger partial charge in [-0.05, 0) is 37.5 Å². The summed E-state index contributed by atoms with van der Waals surface area (Å²) in [7, 11) is 1.80. The monoisotopic (exact) mass is 320 g/mol. The van der Waals surface area contributed by atoms with Crippen molar-refractivity contribution in [3.05, 3.63) is 29.3 Å². The second-order valence-electron chi connectivity index (χ2n) is 4.80. The van der Waals surface area contributed by atoms with E-state index in [9.17, 15) is 13.2 Å². The molecule has 0 aliphatic rings. The Bertz CT molecular complexity index is 492. The van der Waals surface area contributed by atoms with Gasteiger partial charge in [-0.3, -0.25) is 0 Å². The fourth-order valence-electron chi connectivity index (χ4n) is 1.99. The summed E-state index contributed by atoms with van der Waals surface area (Å²) in [5.41, 5.74) is 5.07. The lowest BCUT2D eigenvalue weighted by Gasteiger charge is -2.21. The minimum atomic E-state index is -4.48. The second-order valence-corrected chi connectivity index (χ2v) is 5.24. The number of aliphatic hydroxyl groups excluding tert-OH is 1. The second kappa shape index (κ2) is 7.61. The van der Waals surface area contributed by atoms with E-state index in [1.807, 2.05) is 4.90 Å². The topological polar surface area (TPSA) is 49.5 Å². The summed E-state index contributed by atoms with van der Waals surface area (Å²) >= 11 is 4.72. The van der Waals surface area contributed by atoms with Crippen LogP contribution >= 0.6 is 12.2 Å². The molecule has 0 unspecified atom stereocenters. The molecule has 21 heavy (non-hydrogen) atoms. The fraction of sp³-hybridized carbons (Fsp3) is 0.500. The smallest absolute Gasteiger partial charge is 0.396 e. The minimum Gasteiger partial charge on any atom is -0.396 e. The third kappa shape index (κ3) is 5.17. The van der Waals surface area contributed by atoms with E-state index < -0.39 is 11.7 Å². The Hall–Kier alpha value is -1.34. The lowest BCUT2D eigenvalue weighted by molar-refractivity contribution is -0.137. The molecule has 118 valence electrons. The SMILES string of the molecule is CN(CCCCCO)c1ccc(C(F)(F)F)c(C(N)=S)c1. The summed E-state index contributed by atoms with van der Waals surface area (Å²) in [6, 6.07) is 3.79. The molecule has 0 bridgehead atoms. The molecule has 0 radical (unpaired) electrons. The zero-order chi connectivity index (χ0) is 16.0. The van der Waals surface area contributed by atoms with Crippen LogP contribution < -0.4 is 10.6 Å². The molecule has 0 amide bonds. The van der Waals surface area contributed by atoms with Crippen LogP contribution in [0.5, 0.6) is 0 Å². The van der Waals surface area contributed by atoms with Crippen LogP contribution in [0, 0.1) is 0 Å². The number of hydrogen-bond donors (Lipinski definition) is 2. The molecule has 0 saturated carbocycles. The first-order chi connectivity index (χ1) is 9.77. The van der Waals surface area contributed by atoms with E-state index >= 15 is 0 Å². The minimum absolute atomic E-state index is 0.148. The maximum Gasteiger partial charge on any atom is 0.417 e. The van der Waals surface area contributed by atoms with E-state index in [0.29, 0.717) is 12.2 Å². The normalized spacial score (nSPS) is 11.5. The largest absolute Gasteiger partial charge is 0.417 e. The van der Waals surface area contributed by atoms with Crippen LogP contribution in [-0.2, 0) is 6.18 Å². The van der Waals surface area contributed by atoms with Crippen LogP contribution in [0.3, 0.4) is 0 Å². The number of alkyl halides is 3. The summed E-state index contributed by atoms with van der Waals surface area (Å²) < 4.78 is 38.6. The number of halogens is 3. The summed E-state index contributed by atoms with van der Waals surface area (Å²) in [5.74, 6) is 0. The van der Waals surface area contributed by atoms with Crippen molar-refractivity contribution in [1.29, 1.82) is 0 Å². The third-order valence-corrected chi connectivity index (χ3v) is 3.39. The summed E-state index contributed by atoms with van der Waals surface area (Å²) in [6.07, 6.45) is -2.04. The highest BCUT2D eigenvalue weighted by molar-refractivity contribution is 7.80. The van der Waals surface area contributed by atoms with Gasteiger partial charge >= 0.3 is 6.18 Å². The van der Waals surface area contributed by atoms with E-state index in [4.69, 9.17) is 23.1 Å². The van der Waals surface area contributed by atoms with Crippen LogP contribution in [-0.4, -0.2) is 30.3 Å². The highest BCUT2D eigenvalue weighted by atomic mass is 32.1. The van der Waals surface area contributed by atoms with Crippen LogP contribution in [0.2, 0.25) is 0 Å². The lowest BCUT2D eigenvalue weighted by atomic mass is 10.1. The molecule has 0 aromatic heterocycles. The molecule has 0 heterocycles. The predicted octanol–water partition coefficient (Wildman–Crippen LogP) is 2.94. The summed E-state index contributed by atoms with van der Waals surface area (Å²) in [6.45, 7) is 0.831. The van der Waals surface area contributed by atoms with Gasteiger partial charge in [-0.2, -0.15) is 13.2 Å². The first-order valence-electron chi connectivity index (χ1n) is 6.60. The first kappa shape index (κ1) is 17.7. The van der Waals surface area contributed by atoms with Crippen molar-refractivity contribution in [3.63, 3.8) is 0 Å². The van der Waals surface area contributed by atoms with Gasteiger partial charge in [0.05, 0.1) is 5.56 Å². The number of hydrogen-bond acceptors (Lipinski definition) is 3. The molecular weight excluding hydrogens is 301 g/mol. The maximum absolute atomic E-state index is 12.9. The lowest BCUT2D eigenvalue weighted by Crippen LogP contribution is -2.22. The number of unbranched alkanes of at least 4 members (excludes halogenated alkanes) is 2. The van der Waals surface area contributed by atoms with Gasteiger partial charge in [-0.1, -0.05) is 12.2 Å². The van der Waals surface area contributed by atoms with Gasteiger partial charge < -0.3 is 15.7 Å². The van der Waals surface area contributed by atoms with Gasteiger partial charge in [0.2, 0.25) is 0 Å². The first-order valence-corrected chi connectivity index (χ1v) is 7.01. The summed E-state index contributed by atoms with van der Waals surface area (Å²) in [5, 5.41) is 8.70. The molecule has 1 rings (SSSR count). The van der Waals surface area contributed by atoms with E-state index in [1.54, 1.807) is 7.05 Å². The van der Waals surface area contributed by atoms with Crippen molar-refractivity contribution in [1.82, 2.24) is 0 Å². The Labute approximate surface area is 127 Å². The fourth-order valence-corrected chi connectivity index (χ4v) is 2.16. The van der Waals surface area contributed by atoms with Crippen molar-refractivity contribution in [2.75, 3.05) is 25.1 Å². The predicted molar refractivity (Wildman–Crippen MR) is 81.5 cm³/mol. The molecule has 3 nitrogen and oxygen atoms in total. The van der Waals surface area contributed by atoms with E-state index in [1.165, 1.54) is 12.1 Å². The van der Waals surface area contributed by atoms with Gasteiger partial charge in [0.15, 0.2) is 0 Å². The van der Waals surface area contributed by atoms with Crippen molar-refractivity contribution in [2.45, 2.75) is 25.4 Å².